The van der Waals surface area contributed by atoms with Gasteiger partial charge in [0.15, 0.2) is 0 Å². The van der Waals surface area contributed by atoms with Crippen molar-refractivity contribution in [3.05, 3.63) is 34.7 Å². The number of nitrogens with zero attached hydrogens (tertiary/aromatic N) is 2. The number of aromatic nitrogens is 2. The number of fused-ring (bicyclic) bond motifs is 1. The largest absolute Gasteiger partial charge is 0.392 e. The zero-order valence-electron chi connectivity index (χ0n) is 15.7. The highest BCUT2D eigenvalue weighted by atomic mass is 16.3. The van der Waals surface area contributed by atoms with Crippen molar-refractivity contribution >= 4 is 16.9 Å². The number of amides is 1. The molecule has 0 fully saturated rings. The normalized spacial score (nSPS) is 13.4. The van der Waals surface area contributed by atoms with Crippen molar-refractivity contribution in [3.8, 4) is 0 Å². The van der Waals surface area contributed by atoms with Gasteiger partial charge >= 0.3 is 5.69 Å². The summed E-state index contributed by atoms with van der Waals surface area (Å²) in [6.45, 7) is 10.5. The van der Waals surface area contributed by atoms with Crippen molar-refractivity contribution in [2.75, 3.05) is 6.54 Å². The standard InChI is InChI=1S/C19H29N3O3/c1-6-21-14-9-7-8-10-15(14)22(18(21)25)11-16(23)20-12-19(4,5)17(24)13(2)3/h7-10,13,17,24H,6,11-12H2,1-5H3,(H,20,23). The molecule has 1 heterocycles. The van der Waals surface area contributed by atoms with Crippen LogP contribution < -0.4 is 11.0 Å². The number of aryl methyl sites for hydroxylation is 1. The minimum Gasteiger partial charge on any atom is -0.392 e. The van der Waals surface area contributed by atoms with Gasteiger partial charge in [-0.05, 0) is 25.0 Å². The Morgan fingerprint density at radius 1 is 1.20 bits per heavy atom. The van der Waals surface area contributed by atoms with Crippen LogP contribution in [0.1, 0.15) is 34.6 Å². The van der Waals surface area contributed by atoms with Crippen LogP contribution in [0, 0.1) is 11.3 Å². The van der Waals surface area contributed by atoms with E-state index in [1.807, 2.05) is 58.9 Å². The minimum atomic E-state index is -0.516. The van der Waals surface area contributed by atoms with E-state index >= 15 is 0 Å². The van der Waals surface area contributed by atoms with Crippen LogP contribution in [-0.4, -0.2) is 32.8 Å². The number of hydrogen-bond acceptors (Lipinski definition) is 3. The quantitative estimate of drug-likeness (QED) is 0.804. The number of carbonyl (C=O) groups excluding carboxylic acids is 1. The molecule has 0 aliphatic heterocycles. The van der Waals surface area contributed by atoms with Crippen LogP contribution in [-0.2, 0) is 17.9 Å². The Hall–Kier alpha value is -2.08. The van der Waals surface area contributed by atoms with Crippen molar-refractivity contribution in [1.29, 1.82) is 0 Å². The van der Waals surface area contributed by atoms with Crippen LogP contribution in [0.4, 0.5) is 0 Å². The molecular formula is C19H29N3O3. The third kappa shape index (κ3) is 3.95. The van der Waals surface area contributed by atoms with E-state index in [9.17, 15) is 14.7 Å². The Labute approximate surface area is 148 Å². The van der Waals surface area contributed by atoms with Crippen LogP contribution in [0.25, 0.3) is 11.0 Å². The van der Waals surface area contributed by atoms with Crippen LogP contribution in [0.3, 0.4) is 0 Å². The first-order valence-electron chi connectivity index (χ1n) is 8.82. The highest BCUT2D eigenvalue weighted by Crippen LogP contribution is 2.25. The fourth-order valence-electron chi connectivity index (χ4n) is 3.26. The number of aliphatic hydroxyl groups is 1. The van der Waals surface area contributed by atoms with Gasteiger partial charge in [0.1, 0.15) is 6.54 Å². The summed E-state index contributed by atoms with van der Waals surface area (Å²) >= 11 is 0. The fraction of sp³-hybridized carbons (Fsp3) is 0.579. The molecule has 1 aromatic heterocycles. The van der Waals surface area contributed by atoms with Crippen molar-refractivity contribution in [2.45, 2.75) is 53.8 Å². The Morgan fingerprint density at radius 2 is 1.76 bits per heavy atom. The first-order valence-corrected chi connectivity index (χ1v) is 8.82. The van der Waals surface area contributed by atoms with Gasteiger partial charge in [-0.1, -0.05) is 39.8 Å². The molecule has 1 amide bonds. The molecule has 0 aliphatic carbocycles. The minimum absolute atomic E-state index is 0.0276. The summed E-state index contributed by atoms with van der Waals surface area (Å²) in [6, 6.07) is 7.48. The van der Waals surface area contributed by atoms with Crippen molar-refractivity contribution in [2.24, 2.45) is 11.3 Å². The summed E-state index contributed by atoms with van der Waals surface area (Å²) in [5, 5.41) is 13.1. The van der Waals surface area contributed by atoms with Crippen LogP contribution in [0.2, 0.25) is 0 Å². The second kappa shape index (κ2) is 7.44. The number of hydrogen-bond donors (Lipinski definition) is 2. The lowest BCUT2D eigenvalue weighted by atomic mass is 9.81. The van der Waals surface area contributed by atoms with Crippen molar-refractivity contribution in [1.82, 2.24) is 14.5 Å². The molecule has 1 unspecified atom stereocenters. The van der Waals surface area contributed by atoms with Gasteiger partial charge in [-0.3, -0.25) is 13.9 Å². The molecule has 6 nitrogen and oxygen atoms in total. The Morgan fingerprint density at radius 3 is 2.28 bits per heavy atom. The van der Waals surface area contributed by atoms with E-state index in [-0.39, 0.29) is 24.1 Å². The van der Waals surface area contributed by atoms with E-state index in [2.05, 4.69) is 5.32 Å². The van der Waals surface area contributed by atoms with E-state index in [1.54, 1.807) is 4.57 Å². The predicted molar refractivity (Wildman–Crippen MR) is 99.5 cm³/mol. The van der Waals surface area contributed by atoms with Gasteiger partial charge in [0, 0.05) is 18.5 Å². The second-order valence-corrected chi connectivity index (χ2v) is 7.56. The summed E-state index contributed by atoms with van der Waals surface area (Å²) in [7, 11) is 0. The summed E-state index contributed by atoms with van der Waals surface area (Å²) < 4.78 is 3.16. The molecule has 25 heavy (non-hydrogen) atoms. The smallest absolute Gasteiger partial charge is 0.329 e. The van der Waals surface area contributed by atoms with E-state index in [0.29, 0.717) is 13.1 Å². The maximum absolute atomic E-state index is 12.6. The third-order valence-corrected chi connectivity index (χ3v) is 4.72. The van der Waals surface area contributed by atoms with Crippen LogP contribution in [0.15, 0.2) is 29.1 Å². The highest BCUT2D eigenvalue weighted by Gasteiger charge is 2.30. The lowest BCUT2D eigenvalue weighted by Gasteiger charge is -2.33. The third-order valence-electron chi connectivity index (χ3n) is 4.72. The number of rotatable bonds is 7. The number of nitrogens with one attached hydrogen (secondary N) is 1. The van der Waals surface area contributed by atoms with E-state index in [0.717, 1.165) is 11.0 Å². The molecule has 0 bridgehead atoms. The molecule has 1 aromatic carbocycles. The van der Waals surface area contributed by atoms with Gasteiger partial charge < -0.3 is 10.4 Å². The summed E-state index contributed by atoms with van der Waals surface area (Å²) in [5.41, 5.74) is 0.969. The van der Waals surface area contributed by atoms with E-state index in [4.69, 9.17) is 0 Å². The molecule has 0 aliphatic rings. The average molecular weight is 347 g/mol. The first-order chi connectivity index (χ1) is 11.7. The molecule has 6 heteroatoms. The molecule has 0 saturated carbocycles. The summed E-state index contributed by atoms with van der Waals surface area (Å²) in [6.07, 6.45) is -0.516. The summed E-state index contributed by atoms with van der Waals surface area (Å²) in [4.78, 5) is 24.9. The van der Waals surface area contributed by atoms with E-state index in [1.165, 1.54) is 4.57 Å². The maximum Gasteiger partial charge on any atom is 0.329 e. The lowest BCUT2D eigenvalue weighted by Crippen LogP contribution is -2.44. The molecule has 0 saturated heterocycles. The zero-order chi connectivity index (χ0) is 18.8. The molecule has 138 valence electrons. The topological polar surface area (TPSA) is 76.3 Å². The number of aliphatic hydroxyl groups excluding tert-OH is 1. The van der Waals surface area contributed by atoms with Crippen LogP contribution in [0.5, 0.6) is 0 Å². The maximum atomic E-state index is 12.6. The molecule has 2 aromatic rings. The number of benzene rings is 1. The number of imidazole rings is 1. The number of carbonyl (C=O) groups is 1. The zero-order valence-corrected chi connectivity index (χ0v) is 15.7. The Bertz CT molecular complexity index is 802. The second-order valence-electron chi connectivity index (χ2n) is 7.56. The fourth-order valence-corrected chi connectivity index (χ4v) is 3.26. The van der Waals surface area contributed by atoms with Gasteiger partial charge in [0.2, 0.25) is 5.91 Å². The molecule has 2 N–H and O–H groups in total. The van der Waals surface area contributed by atoms with Crippen LogP contribution >= 0.6 is 0 Å². The lowest BCUT2D eigenvalue weighted by molar-refractivity contribution is -0.122. The molecular weight excluding hydrogens is 318 g/mol. The van der Waals surface area contributed by atoms with Crippen molar-refractivity contribution in [3.63, 3.8) is 0 Å². The SMILES string of the molecule is CCn1c(=O)n(CC(=O)NCC(C)(C)C(O)C(C)C)c2ccccc21. The highest BCUT2D eigenvalue weighted by molar-refractivity contribution is 5.80. The van der Waals surface area contributed by atoms with Gasteiger partial charge in [-0.25, -0.2) is 4.79 Å². The summed E-state index contributed by atoms with van der Waals surface area (Å²) in [5.74, 6) is -0.123. The average Bonchev–Trinajstić information content (AvgIpc) is 2.84. The van der Waals surface area contributed by atoms with Gasteiger partial charge in [-0.2, -0.15) is 0 Å². The molecule has 0 radical (unpaired) electrons. The van der Waals surface area contributed by atoms with Gasteiger partial charge in [-0.15, -0.1) is 0 Å². The number of para-hydroxylation sites is 2. The predicted octanol–water partition coefficient (Wildman–Crippen LogP) is 1.98. The van der Waals surface area contributed by atoms with Crippen molar-refractivity contribution < 1.29 is 9.90 Å². The monoisotopic (exact) mass is 347 g/mol. The molecule has 1 atom stereocenters. The van der Waals surface area contributed by atoms with Gasteiger partial charge in [0.05, 0.1) is 17.1 Å². The molecule has 0 spiro atoms. The van der Waals surface area contributed by atoms with E-state index < -0.39 is 11.5 Å². The molecule has 2 rings (SSSR count). The first kappa shape index (κ1) is 19.2. The Kier molecular flexibility index (Phi) is 5.72. The Balaban J connectivity index is 2.16. The van der Waals surface area contributed by atoms with Gasteiger partial charge in [0.25, 0.3) is 0 Å².